The number of furan rings is 1. The predicted octanol–water partition coefficient (Wildman–Crippen LogP) is 4.54. The summed E-state index contributed by atoms with van der Waals surface area (Å²) in [7, 11) is 0. The van der Waals surface area contributed by atoms with Crippen LogP contribution in [0.1, 0.15) is 12.7 Å². The van der Waals surface area contributed by atoms with Crippen LogP contribution in [-0.4, -0.2) is 5.16 Å². The number of benzene rings is 1. The number of nitrogen functional groups attached to an aromatic ring is 1. The molecule has 0 aliphatic heterocycles. The smallest absolute Gasteiger partial charge is 0.180 e. The Morgan fingerprint density at radius 2 is 2.10 bits per heavy atom. The molecule has 0 radical (unpaired) electrons. The lowest BCUT2D eigenvalue weighted by atomic mass is 10.0. The summed E-state index contributed by atoms with van der Waals surface area (Å²) in [6.07, 6.45) is 2.27. The number of halogens is 2. The molecule has 0 fully saturated rings. The highest BCUT2D eigenvalue weighted by Crippen LogP contribution is 2.41. The van der Waals surface area contributed by atoms with Crippen molar-refractivity contribution in [2.45, 2.75) is 13.3 Å². The Balaban J connectivity index is 2.22. The zero-order valence-corrected chi connectivity index (χ0v) is 11.9. The van der Waals surface area contributed by atoms with Gasteiger partial charge in [-0.3, -0.25) is 0 Å². The molecule has 2 aromatic heterocycles. The van der Waals surface area contributed by atoms with Crippen molar-refractivity contribution < 1.29 is 13.3 Å². The van der Waals surface area contributed by atoms with E-state index in [-0.39, 0.29) is 10.8 Å². The van der Waals surface area contributed by atoms with E-state index in [9.17, 15) is 4.39 Å². The van der Waals surface area contributed by atoms with Crippen molar-refractivity contribution in [3.05, 3.63) is 47.1 Å². The van der Waals surface area contributed by atoms with E-state index in [0.29, 0.717) is 23.3 Å². The molecule has 4 nitrogen and oxygen atoms in total. The molecule has 0 aliphatic rings. The third-order valence-electron chi connectivity index (χ3n) is 3.23. The maximum atomic E-state index is 13.2. The van der Waals surface area contributed by atoms with Gasteiger partial charge in [0.05, 0.1) is 22.4 Å². The lowest BCUT2D eigenvalue weighted by Crippen LogP contribution is -1.91. The molecule has 0 spiro atoms. The molecule has 0 atom stereocenters. The third kappa shape index (κ3) is 2.29. The summed E-state index contributed by atoms with van der Waals surface area (Å²) in [4.78, 5) is 0. The first-order valence-electron chi connectivity index (χ1n) is 6.39. The van der Waals surface area contributed by atoms with E-state index in [1.165, 1.54) is 12.1 Å². The minimum Gasteiger partial charge on any atom is -0.469 e. The standard InChI is InChI=1S/C15H12ClFN2O2/c1-2-12-10(5-6-20-12)14-13(15(18)19-21-14)9-4-3-8(17)7-11(9)16/h3-7H,2H2,1H3,(H2,18,19). The van der Waals surface area contributed by atoms with Gasteiger partial charge < -0.3 is 14.7 Å². The molecular weight excluding hydrogens is 295 g/mol. The summed E-state index contributed by atoms with van der Waals surface area (Å²) in [6.45, 7) is 1.96. The van der Waals surface area contributed by atoms with Gasteiger partial charge in [0.2, 0.25) is 0 Å². The Hall–Kier alpha value is -2.27. The van der Waals surface area contributed by atoms with Crippen LogP contribution < -0.4 is 5.73 Å². The predicted molar refractivity (Wildman–Crippen MR) is 78.4 cm³/mol. The number of aryl methyl sites for hydroxylation is 1. The SMILES string of the molecule is CCc1occc1-c1onc(N)c1-c1ccc(F)cc1Cl. The molecule has 6 heteroatoms. The molecule has 0 aliphatic carbocycles. The number of aromatic nitrogens is 1. The zero-order valence-electron chi connectivity index (χ0n) is 11.2. The van der Waals surface area contributed by atoms with Crippen LogP contribution in [0.15, 0.2) is 39.5 Å². The van der Waals surface area contributed by atoms with Crippen LogP contribution in [0.2, 0.25) is 5.02 Å². The number of nitrogens with zero attached hydrogens (tertiary/aromatic N) is 1. The topological polar surface area (TPSA) is 65.2 Å². The van der Waals surface area contributed by atoms with E-state index in [4.69, 9.17) is 26.3 Å². The molecule has 2 N–H and O–H groups in total. The van der Waals surface area contributed by atoms with Crippen LogP contribution in [0.5, 0.6) is 0 Å². The molecule has 0 unspecified atom stereocenters. The van der Waals surface area contributed by atoms with Crippen molar-refractivity contribution >= 4 is 17.4 Å². The van der Waals surface area contributed by atoms with Crippen molar-refractivity contribution in [3.8, 4) is 22.5 Å². The fraction of sp³-hybridized carbons (Fsp3) is 0.133. The lowest BCUT2D eigenvalue weighted by Gasteiger charge is -2.05. The number of anilines is 1. The largest absolute Gasteiger partial charge is 0.469 e. The van der Waals surface area contributed by atoms with Crippen molar-refractivity contribution in [2.24, 2.45) is 0 Å². The van der Waals surface area contributed by atoms with Gasteiger partial charge in [0.15, 0.2) is 11.6 Å². The van der Waals surface area contributed by atoms with Gasteiger partial charge in [-0.2, -0.15) is 0 Å². The van der Waals surface area contributed by atoms with Gasteiger partial charge in [-0.1, -0.05) is 23.7 Å². The van der Waals surface area contributed by atoms with Crippen molar-refractivity contribution in [3.63, 3.8) is 0 Å². The normalized spacial score (nSPS) is 11.0. The van der Waals surface area contributed by atoms with Crippen LogP contribution in [-0.2, 0) is 6.42 Å². The molecule has 0 bridgehead atoms. The third-order valence-corrected chi connectivity index (χ3v) is 3.54. The first kappa shape index (κ1) is 13.7. The van der Waals surface area contributed by atoms with Gasteiger partial charge >= 0.3 is 0 Å². The maximum Gasteiger partial charge on any atom is 0.180 e. The second kappa shape index (κ2) is 5.26. The quantitative estimate of drug-likeness (QED) is 0.771. The number of hydrogen-bond acceptors (Lipinski definition) is 4. The first-order chi connectivity index (χ1) is 10.1. The Kier molecular flexibility index (Phi) is 3.43. The van der Waals surface area contributed by atoms with Gasteiger partial charge in [-0.15, -0.1) is 0 Å². The molecule has 3 rings (SSSR count). The summed E-state index contributed by atoms with van der Waals surface area (Å²) in [5.41, 5.74) is 7.75. The van der Waals surface area contributed by atoms with Gasteiger partial charge in [-0.05, 0) is 24.3 Å². The minimum atomic E-state index is -0.419. The minimum absolute atomic E-state index is 0.196. The number of hydrogen-bond donors (Lipinski definition) is 1. The highest BCUT2D eigenvalue weighted by molar-refractivity contribution is 6.33. The lowest BCUT2D eigenvalue weighted by molar-refractivity contribution is 0.433. The van der Waals surface area contributed by atoms with Gasteiger partial charge in [0.1, 0.15) is 11.6 Å². The van der Waals surface area contributed by atoms with Crippen LogP contribution in [0, 0.1) is 5.82 Å². The molecule has 0 saturated carbocycles. The van der Waals surface area contributed by atoms with Crippen molar-refractivity contribution in [2.75, 3.05) is 5.73 Å². The summed E-state index contributed by atoms with van der Waals surface area (Å²) in [6, 6.07) is 5.87. The van der Waals surface area contributed by atoms with Gasteiger partial charge in [0, 0.05) is 12.0 Å². The van der Waals surface area contributed by atoms with Crippen LogP contribution in [0.4, 0.5) is 10.2 Å². The van der Waals surface area contributed by atoms with E-state index in [2.05, 4.69) is 5.16 Å². The highest BCUT2D eigenvalue weighted by Gasteiger charge is 2.23. The summed E-state index contributed by atoms with van der Waals surface area (Å²) in [5, 5.41) is 4.04. The summed E-state index contributed by atoms with van der Waals surface area (Å²) < 4.78 is 23.9. The summed E-state index contributed by atoms with van der Waals surface area (Å²) in [5.74, 6) is 0.997. The van der Waals surface area contributed by atoms with Crippen LogP contribution in [0.25, 0.3) is 22.5 Å². The monoisotopic (exact) mass is 306 g/mol. The van der Waals surface area contributed by atoms with E-state index < -0.39 is 5.82 Å². The average Bonchev–Trinajstić information content (AvgIpc) is 3.05. The van der Waals surface area contributed by atoms with E-state index in [1.54, 1.807) is 18.4 Å². The average molecular weight is 307 g/mol. The van der Waals surface area contributed by atoms with E-state index in [1.807, 2.05) is 6.92 Å². The number of rotatable bonds is 3. The Bertz CT molecular complexity index is 795. The van der Waals surface area contributed by atoms with E-state index in [0.717, 1.165) is 11.3 Å². The van der Waals surface area contributed by atoms with Gasteiger partial charge in [-0.25, -0.2) is 4.39 Å². The molecule has 0 amide bonds. The molecule has 0 saturated heterocycles. The Morgan fingerprint density at radius 1 is 1.29 bits per heavy atom. The van der Waals surface area contributed by atoms with Crippen LogP contribution >= 0.6 is 11.6 Å². The molecular formula is C15H12ClFN2O2. The highest BCUT2D eigenvalue weighted by atomic mass is 35.5. The first-order valence-corrected chi connectivity index (χ1v) is 6.77. The maximum absolute atomic E-state index is 13.2. The van der Waals surface area contributed by atoms with Crippen molar-refractivity contribution in [1.82, 2.24) is 5.16 Å². The summed E-state index contributed by atoms with van der Waals surface area (Å²) >= 11 is 6.11. The molecule has 108 valence electrons. The fourth-order valence-corrected chi connectivity index (χ4v) is 2.52. The Morgan fingerprint density at radius 3 is 2.81 bits per heavy atom. The van der Waals surface area contributed by atoms with E-state index >= 15 is 0 Å². The molecule has 1 aromatic carbocycles. The zero-order chi connectivity index (χ0) is 15.0. The number of nitrogens with two attached hydrogens (primary N) is 1. The van der Waals surface area contributed by atoms with Gasteiger partial charge in [0.25, 0.3) is 0 Å². The van der Waals surface area contributed by atoms with Crippen LogP contribution in [0.3, 0.4) is 0 Å². The van der Waals surface area contributed by atoms with Crippen molar-refractivity contribution in [1.29, 1.82) is 0 Å². The fourth-order valence-electron chi connectivity index (χ4n) is 2.26. The second-order valence-corrected chi connectivity index (χ2v) is 4.91. The molecule has 3 aromatic rings. The Labute approximate surface area is 125 Å². The second-order valence-electron chi connectivity index (χ2n) is 4.51. The molecule has 21 heavy (non-hydrogen) atoms. The molecule has 2 heterocycles.